The fourth-order valence-corrected chi connectivity index (χ4v) is 3.93. The highest BCUT2D eigenvalue weighted by Gasteiger charge is 2.39. The van der Waals surface area contributed by atoms with Crippen molar-refractivity contribution < 1.29 is 10.2 Å². The van der Waals surface area contributed by atoms with E-state index in [1.165, 1.54) is 0 Å². The maximum Gasteiger partial charge on any atom is 0.138 e. The van der Waals surface area contributed by atoms with E-state index >= 15 is 0 Å². The molecule has 4 nitrogen and oxygen atoms in total. The molecule has 4 aromatic carbocycles. The Labute approximate surface area is 169 Å². The largest absolute Gasteiger partial charge is 0.506 e. The van der Waals surface area contributed by atoms with Crippen LogP contribution in [-0.2, 0) is 5.41 Å². The number of hydrogen-bond acceptors (Lipinski definition) is 4. The van der Waals surface area contributed by atoms with E-state index in [4.69, 9.17) is 11.5 Å². The molecule has 0 saturated heterocycles. The van der Waals surface area contributed by atoms with Gasteiger partial charge in [-0.1, -0.05) is 72.8 Å². The van der Waals surface area contributed by atoms with Crippen molar-refractivity contribution in [3.63, 3.8) is 0 Å². The first-order valence-electron chi connectivity index (χ1n) is 9.32. The van der Waals surface area contributed by atoms with E-state index in [1.807, 2.05) is 72.8 Å². The topological polar surface area (TPSA) is 92.5 Å². The summed E-state index contributed by atoms with van der Waals surface area (Å²) in [7, 11) is 0. The summed E-state index contributed by atoms with van der Waals surface area (Å²) < 4.78 is 0. The second-order valence-electron chi connectivity index (χ2n) is 7.03. The van der Waals surface area contributed by atoms with Crippen LogP contribution in [0, 0.1) is 0 Å². The maximum atomic E-state index is 10.4. The van der Waals surface area contributed by atoms with Gasteiger partial charge < -0.3 is 21.7 Å². The normalized spacial score (nSPS) is 11.3. The fourth-order valence-electron chi connectivity index (χ4n) is 3.93. The third kappa shape index (κ3) is 3.05. The molecule has 0 bridgehead atoms. The van der Waals surface area contributed by atoms with Gasteiger partial charge in [0.05, 0.1) is 16.8 Å². The molecule has 0 unspecified atom stereocenters. The molecule has 4 aromatic rings. The van der Waals surface area contributed by atoms with Crippen molar-refractivity contribution in [1.82, 2.24) is 0 Å². The molecular formula is C25H22N2O2. The number of rotatable bonds is 4. The second kappa shape index (κ2) is 7.24. The third-order valence-corrected chi connectivity index (χ3v) is 5.34. The summed E-state index contributed by atoms with van der Waals surface area (Å²) in [6.07, 6.45) is 0. The van der Waals surface area contributed by atoms with Crippen molar-refractivity contribution in [2.24, 2.45) is 0 Å². The number of anilines is 2. The van der Waals surface area contributed by atoms with E-state index in [0.717, 1.165) is 22.3 Å². The van der Waals surface area contributed by atoms with Crippen LogP contribution in [-0.4, -0.2) is 10.2 Å². The number of aromatic hydroxyl groups is 2. The lowest BCUT2D eigenvalue weighted by Crippen LogP contribution is -2.31. The van der Waals surface area contributed by atoms with Gasteiger partial charge in [-0.15, -0.1) is 0 Å². The first-order chi connectivity index (χ1) is 14.0. The zero-order valence-electron chi connectivity index (χ0n) is 15.8. The van der Waals surface area contributed by atoms with Crippen LogP contribution in [0.1, 0.15) is 22.3 Å². The predicted octanol–water partition coefficient (Wildman–Crippen LogP) is 4.64. The molecule has 4 rings (SSSR count). The highest BCUT2D eigenvalue weighted by molar-refractivity contribution is 5.66. The Morgan fingerprint density at radius 3 is 1.21 bits per heavy atom. The molecule has 0 aromatic heterocycles. The van der Waals surface area contributed by atoms with Crippen LogP contribution in [0.4, 0.5) is 11.4 Å². The maximum absolute atomic E-state index is 10.4. The second-order valence-corrected chi connectivity index (χ2v) is 7.03. The van der Waals surface area contributed by atoms with Crippen molar-refractivity contribution in [1.29, 1.82) is 0 Å². The van der Waals surface area contributed by atoms with Gasteiger partial charge >= 0.3 is 0 Å². The van der Waals surface area contributed by atoms with Crippen LogP contribution in [0.25, 0.3) is 0 Å². The van der Waals surface area contributed by atoms with Gasteiger partial charge in [-0.3, -0.25) is 0 Å². The molecule has 0 aliphatic carbocycles. The predicted molar refractivity (Wildman–Crippen MR) is 117 cm³/mol. The minimum atomic E-state index is -0.793. The van der Waals surface area contributed by atoms with Crippen LogP contribution in [0.3, 0.4) is 0 Å². The van der Waals surface area contributed by atoms with Gasteiger partial charge in [-0.25, -0.2) is 0 Å². The molecule has 0 fully saturated rings. The Morgan fingerprint density at radius 2 is 0.862 bits per heavy atom. The molecule has 144 valence electrons. The van der Waals surface area contributed by atoms with Crippen molar-refractivity contribution >= 4 is 11.4 Å². The minimum Gasteiger partial charge on any atom is -0.506 e. The Bertz CT molecular complexity index is 1050. The molecule has 0 amide bonds. The molecule has 0 aliphatic heterocycles. The highest BCUT2D eigenvalue weighted by atomic mass is 16.3. The van der Waals surface area contributed by atoms with E-state index in [2.05, 4.69) is 0 Å². The van der Waals surface area contributed by atoms with Crippen LogP contribution < -0.4 is 11.5 Å². The van der Waals surface area contributed by atoms with Crippen LogP contribution in [0.15, 0.2) is 97.1 Å². The smallest absolute Gasteiger partial charge is 0.138 e. The van der Waals surface area contributed by atoms with Gasteiger partial charge in [0.1, 0.15) is 11.5 Å². The monoisotopic (exact) mass is 382 g/mol. The zero-order valence-corrected chi connectivity index (χ0v) is 15.8. The van der Waals surface area contributed by atoms with Gasteiger partial charge in [-0.2, -0.15) is 0 Å². The van der Waals surface area contributed by atoms with Gasteiger partial charge in [0.2, 0.25) is 0 Å². The van der Waals surface area contributed by atoms with Crippen LogP contribution in [0.5, 0.6) is 11.5 Å². The van der Waals surface area contributed by atoms with E-state index in [1.54, 1.807) is 24.3 Å². The molecule has 0 atom stereocenters. The summed E-state index contributed by atoms with van der Waals surface area (Å²) in [5.41, 5.74) is 15.2. The summed E-state index contributed by atoms with van der Waals surface area (Å²) in [6, 6.07) is 30.5. The molecular weight excluding hydrogens is 360 g/mol. The first-order valence-corrected chi connectivity index (χ1v) is 9.32. The van der Waals surface area contributed by atoms with Gasteiger partial charge in [0, 0.05) is 0 Å². The van der Waals surface area contributed by atoms with Gasteiger partial charge in [-0.05, 0) is 46.5 Å². The summed E-state index contributed by atoms with van der Waals surface area (Å²) in [5.74, 6) is 0.0248. The Morgan fingerprint density at radius 1 is 0.483 bits per heavy atom. The standard InChI is InChI=1S/C25H22N2O2/c26-21-13-11-19(15-23(21)28)25(17-7-3-1-4-8-17,18-9-5-2-6-10-18)20-12-14-22(27)24(29)16-20/h1-16,28-29H,26-27H2. The van der Waals surface area contributed by atoms with Crippen molar-refractivity contribution in [3.05, 3.63) is 119 Å². The molecule has 0 heterocycles. The highest BCUT2D eigenvalue weighted by Crippen LogP contribution is 2.47. The van der Waals surface area contributed by atoms with Gasteiger partial charge in [0.25, 0.3) is 0 Å². The number of benzene rings is 4. The van der Waals surface area contributed by atoms with E-state index in [-0.39, 0.29) is 11.5 Å². The Hall–Kier alpha value is -3.92. The molecule has 0 saturated carbocycles. The molecule has 6 N–H and O–H groups in total. The van der Waals surface area contributed by atoms with Crippen LogP contribution in [0.2, 0.25) is 0 Å². The number of hydrogen-bond donors (Lipinski definition) is 4. The Kier molecular flexibility index (Phi) is 4.61. The third-order valence-electron chi connectivity index (χ3n) is 5.34. The molecule has 0 aliphatic rings. The average molecular weight is 382 g/mol. The molecule has 0 radical (unpaired) electrons. The minimum absolute atomic E-state index is 0.0124. The lowest BCUT2D eigenvalue weighted by atomic mass is 9.65. The van der Waals surface area contributed by atoms with E-state index in [9.17, 15) is 10.2 Å². The van der Waals surface area contributed by atoms with Crippen molar-refractivity contribution in [2.45, 2.75) is 5.41 Å². The van der Waals surface area contributed by atoms with Gasteiger partial charge in [0.15, 0.2) is 0 Å². The summed E-state index contributed by atoms with van der Waals surface area (Å²) in [4.78, 5) is 0. The average Bonchev–Trinajstić information content (AvgIpc) is 2.75. The van der Waals surface area contributed by atoms with E-state index in [0.29, 0.717) is 11.4 Å². The lowest BCUT2D eigenvalue weighted by molar-refractivity contribution is 0.475. The van der Waals surface area contributed by atoms with Crippen molar-refractivity contribution in [3.8, 4) is 11.5 Å². The molecule has 0 spiro atoms. The lowest BCUT2D eigenvalue weighted by Gasteiger charge is -2.37. The number of phenols is 2. The first kappa shape index (κ1) is 18.4. The summed E-state index contributed by atoms with van der Waals surface area (Å²) >= 11 is 0. The zero-order chi connectivity index (χ0) is 20.4. The SMILES string of the molecule is Nc1ccc(C(c2ccccc2)(c2ccccc2)c2ccc(N)c(O)c2)cc1O. The quantitative estimate of drug-likeness (QED) is 0.235. The number of nitrogens with two attached hydrogens (primary N) is 2. The molecule has 29 heavy (non-hydrogen) atoms. The summed E-state index contributed by atoms with van der Waals surface area (Å²) in [6.45, 7) is 0. The fraction of sp³-hybridized carbons (Fsp3) is 0.0400. The summed E-state index contributed by atoms with van der Waals surface area (Å²) in [5, 5.41) is 20.8. The number of nitrogen functional groups attached to an aromatic ring is 2. The Balaban J connectivity index is 2.16. The number of phenolic OH excluding ortho intramolecular Hbond substituents is 2. The van der Waals surface area contributed by atoms with Crippen molar-refractivity contribution in [2.75, 3.05) is 11.5 Å². The molecule has 4 heteroatoms. The van der Waals surface area contributed by atoms with Crippen LogP contribution >= 0.6 is 0 Å². The van der Waals surface area contributed by atoms with E-state index < -0.39 is 5.41 Å².